The molecule has 0 saturated heterocycles. The second kappa shape index (κ2) is 17.5. The van der Waals surface area contributed by atoms with Crippen molar-refractivity contribution >= 4 is 34.8 Å². The molecule has 0 spiro atoms. The van der Waals surface area contributed by atoms with Gasteiger partial charge in [-0.1, -0.05) is 229 Å². The third-order valence-electron chi connectivity index (χ3n) is 8.66. The molecule has 52 heavy (non-hydrogen) atoms. The lowest BCUT2D eigenvalue weighted by molar-refractivity contribution is 0.808. The summed E-state index contributed by atoms with van der Waals surface area (Å²) in [5.41, 5.74) is 6.27. The number of alkyl halides is 3. The minimum absolute atomic E-state index is 0.577. The first-order chi connectivity index (χ1) is 25.5. The van der Waals surface area contributed by atoms with E-state index in [-0.39, 0.29) is 0 Å². The van der Waals surface area contributed by atoms with E-state index in [1.807, 2.05) is 48.5 Å². The lowest BCUT2D eigenvalue weighted by Crippen LogP contribution is -2.27. The van der Waals surface area contributed by atoms with E-state index in [1.54, 1.807) is 0 Å². The van der Waals surface area contributed by atoms with Crippen LogP contribution in [0.25, 0.3) is 0 Å². The van der Waals surface area contributed by atoms with Gasteiger partial charge in [-0.05, 0) is 57.4 Å². The molecule has 0 fully saturated rings. The Morgan fingerprint density at radius 2 is 0.519 bits per heavy atom. The van der Waals surface area contributed by atoms with Crippen LogP contribution in [0.5, 0.6) is 0 Å². The molecule has 0 atom stereocenters. The highest BCUT2D eigenvalue weighted by molar-refractivity contribution is 6.63. The lowest BCUT2D eigenvalue weighted by atomic mass is 9.70. The van der Waals surface area contributed by atoms with Crippen molar-refractivity contribution in [3.05, 3.63) is 239 Å². The van der Waals surface area contributed by atoms with E-state index in [9.17, 15) is 0 Å². The van der Waals surface area contributed by atoms with Crippen LogP contribution in [-0.4, -0.2) is 14.5 Å². The highest BCUT2D eigenvalue weighted by atomic mass is 35.6. The molecule has 0 radical (unpaired) electrons. The Bertz CT molecular complexity index is 1900. The van der Waals surface area contributed by atoms with Gasteiger partial charge in [-0.3, -0.25) is 0 Å². The van der Waals surface area contributed by atoms with E-state index in [1.165, 1.54) is 0 Å². The molecule has 5 heteroatoms. The highest BCUT2D eigenvalue weighted by Crippen LogP contribution is 2.40. The van der Waals surface area contributed by atoms with Gasteiger partial charge in [0.2, 0.25) is 0 Å². The maximum absolute atomic E-state index is 4.81. The molecule has 6 aromatic carbocycles. The SMILES string of the molecule is C(#CC(c1ccccc1)(c1ccccc1)c1ccccc1)c1ccc(C#CC(c2ccccc2)(c2ccccc2)c2ccccc2)nn1.ClC(Cl)Cl. The molecular formula is C47H33Cl3N2. The quantitative estimate of drug-likeness (QED) is 0.0967. The van der Waals surface area contributed by atoms with Crippen molar-refractivity contribution in [2.24, 2.45) is 0 Å². The van der Waals surface area contributed by atoms with Gasteiger partial charge in [-0.2, -0.15) is 0 Å². The molecule has 0 aliphatic carbocycles. The largest absolute Gasteiger partial charge is 0.180 e. The van der Waals surface area contributed by atoms with E-state index in [0.29, 0.717) is 11.4 Å². The van der Waals surface area contributed by atoms with Gasteiger partial charge in [-0.15, -0.1) is 10.2 Å². The maximum atomic E-state index is 4.81. The molecule has 0 N–H and O–H groups in total. The second-order valence-electron chi connectivity index (χ2n) is 11.7. The Morgan fingerprint density at radius 3 is 0.692 bits per heavy atom. The summed E-state index contributed by atoms with van der Waals surface area (Å²) in [6.45, 7) is 0. The molecule has 7 rings (SSSR count). The summed E-state index contributed by atoms with van der Waals surface area (Å²) in [5, 5.41) is 9.11. The molecule has 0 aliphatic heterocycles. The smallest absolute Gasteiger partial charge is 0.141 e. The minimum Gasteiger partial charge on any atom is -0.141 e. The first kappa shape index (κ1) is 36.2. The van der Waals surface area contributed by atoms with Crippen LogP contribution in [0.2, 0.25) is 0 Å². The number of benzene rings is 6. The molecule has 0 aliphatic rings. The maximum Gasteiger partial charge on any atom is 0.180 e. The average Bonchev–Trinajstić information content (AvgIpc) is 3.21. The minimum atomic E-state index is -0.750. The number of nitrogens with zero attached hydrogens (tertiary/aromatic N) is 2. The summed E-state index contributed by atoms with van der Waals surface area (Å²) >= 11 is 14.4. The third kappa shape index (κ3) is 8.29. The van der Waals surface area contributed by atoms with Crippen LogP contribution in [0, 0.1) is 23.7 Å². The number of hydrogen-bond donors (Lipinski definition) is 0. The molecular weight excluding hydrogens is 699 g/mol. The molecule has 1 aromatic heterocycles. The van der Waals surface area contributed by atoms with Crippen molar-refractivity contribution < 1.29 is 0 Å². The van der Waals surface area contributed by atoms with Gasteiger partial charge in [0.1, 0.15) is 22.2 Å². The summed E-state index contributed by atoms with van der Waals surface area (Å²) in [5.74, 6) is 14.1. The van der Waals surface area contributed by atoms with Crippen LogP contribution in [0.15, 0.2) is 194 Å². The highest BCUT2D eigenvalue weighted by Gasteiger charge is 2.35. The monoisotopic (exact) mass is 730 g/mol. The Labute approximate surface area is 321 Å². The fourth-order valence-electron chi connectivity index (χ4n) is 6.34. The zero-order valence-electron chi connectivity index (χ0n) is 28.1. The average molecular weight is 732 g/mol. The number of aromatic nitrogens is 2. The summed E-state index contributed by atoms with van der Waals surface area (Å²) in [4.78, 5) is 0. The zero-order chi connectivity index (χ0) is 36.1. The van der Waals surface area contributed by atoms with Crippen molar-refractivity contribution in [1.29, 1.82) is 0 Å². The van der Waals surface area contributed by atoms with Gasteiger partial charge in [0.25, 0.3) is 0 Å². The number of rotatable bonds is 6. The molecule has 2 nitrogen and oxygen atoms in total. The van der Waals surface area contributed by atoms with Crippen molar-refractivity contribution in [3.63, 3.8) is 0 Å². The number of halogens is 3. The molecule has 1 heterocycles. The number of hydrogen-bond acceptors (Lipinski definition) is 2. The van der Waals surface area contributed by atoms with Crippen LogP contribution in [0.3, 0.4) is 0 Å². The van der Waals surface area contributed by atoms with Crippen LogP contribution in [-0.2, 0) is 10.8 Å². The molecule has 252 valence electrons. The molecule has 0 bridgehead atoms. The van der Waals surface area contributed by atoms with Crippen LogP contribution >= 0.6 is 34.8 Å². The van der Waals surface area contributed by atoms with Crippen LogP contribution < -0.4 is 0 Å². The Kier molecular flexibility index (Phi) is 12.2. The van der Waals surface area contributed by atoms with Crippen molar-refractivity contribution in [3.8, 4) is 23.7 Å². The van der Waals surface area contributed by atoms with Gasteiger partial charge < -0.3 is 0 Å². The first-order valence-corrected chi connectivity index (χ1v) is 18.0. The van der Waals surface area contributed by atoms with Crippen molar-refractivity contribution in [1.82, 2.24) is 10.2 Å². The lowest BCUT2D eigenvalue weighted by Gasteiger charge is -2.31. The summed E-state index contributed by atoms with van der Waals surface area (Å²) in [7, 11) is 0. The van der Waals surface area contributed by atoms with Gasteiger partial charge in [-0.25, -0.2) is 0 Å². The van der Waals surface area contributed by atoms with E-state index in [2.05, 4.69) is 179 Å². The molecule has 7 aromatic rings. The summed E-state index contributed by atoms with van der Waals surface area (Å²) in [6, 6.07) is 66.4. The van der Waals surface area contributed by atoms with Crippen molar-refractivity contribution in [2.45, 2.75) is 15.1 Å². The fourth-order valence-corrected chi connectivity index (χ4v) is 6.34. The van der Waals surface area contributed by atoms with Gasteiger partial charge >= 0.3 is 0 Å². The topological polar surface area (TPSA) is 25.8 Å². The van der Waals surface area contributed by atoms with E-state index < -0.39 is 15.1 Å². The molecule has 0 saturated carbocycles. The Morgan fingerprint density at radius 1 is 0.327 bits per heavy atom. The predicted octanol–water partition coefficient (Wildman–Crippen LogP) is 11.2. The standard InChI is InChI=1S/C46H32N2.CHCl3/c1-7-19-37(20-8-1)45(38-21-9-2-10-22-38,39-23-11-3-12-24-39)35-33-43-31-32-44(48-47-43)34-36-46(40-25-13-4-14-26-40,41-27-15-5-16-28-41)42-29-17-6-18-30-42;2-1(3)4/h1-32H;1H. The molecule has 0 unspecified atom stereocenters. The molecule has 0 amide bonds. The first-order valence-electron chi connectivity index (χ1n) is 16.7. The second-order valence-corrected chi connectivity index (χ2v) is 13.7. The van der Waals surface area contributed by atoms with Crippen LogP contribution in [0.4, 0.5) is 0 Å². The van der Waals surface area contributed by atoms with E-state index in [0.717, 1.165) is 33.4 Å². The fraction of sp³-hybridized carbons (Fsp3) is 0.0638. The summed E-state index contributed by atoms with van der Waals surface area (Å²) < 4.78 is -0.750. The van der Waals surface area contributed by atoms with Crippen LogP contribution in [0.1, 0.15) is 44.8 Å². The normalized spacial score (nSPS) is 10.8. The third-order valence-corrected chi connectivity index (χ3v) is 8.66. The Hall–Kier alpha value is -5.61. The predicted molar refractivity (Wildman–Crippen MR) is 216 cm³/mol. The van der Waals surface area contributed by atoms with Crippen molar-refractivity contribution in [2.75, 3.05) is 0 Å². The Balaban J connectivity index is 0.00000110. The van der Waals surface area contributed by atoms with E-state index >= 15 is 0 Å². The van der Waals surface area contributed by atoms with Gasteiger partial charge in [0.05, 0.1) is 0 Å². The van der Waals surface area contributed by atoms with Gasteiger partial charge in [0.15, 0.2) is 4.30 Å². The van der Waals surface area contributed by atoms with E-state index in [4.69, 9.17) is 34.8 Å². The summed E-state index contributed by atoms with van der Waals surface area (Å²) in [6.07, 6.45) is 0. The zero-order valence-corrected chi connectivity index (χ0v) is 30.3. The van der Waals surface area contributed by atoms with Gasteiger partial charge in [0, 0.05) is 0 Å².